The van der Waals surface area contributed by atoms with E-state index < -0.39 is 0 Å². The van der Waals surface area contributed by atoms with E-state index in [1.54, 1.807) is 12.1 Å². The lowest BCUT2D eigenvalue weighted by Crippen LogP contribution is -2.37. The minimum atomic E-state index is -0.168. The number of benzene rings is 1. The summed E-state index contributed by atoms with van der Waals surface area (Å²) in [5.74, 6) is -0.337. The van der Waals surface area contributed by atoms with Crippen molar-refractivity contribution in [2.75, 3.05) is 52.4 Å². The fourth-order valence-corrected chi connectivity index (χ4v) is 6.58. The van der Waals surface area contributed by atoms with E-state index in [1.807, 2.05) is 12.1 Å². The zero-order valence-corrected chi connectivity index (χ0v) is 32.2. The van der Waals surface area contributed by atoms with Crippen molar-refractivity contribution < 1.29 is 9.59 Å². The second-order valence-corrected chi connectivity index (χ2v) is 14.0. The molecule has 278 valence electrons. The van der Waals surface area contributed by atoms with Crippen LogP contribution in [0.3, 0.4) is 0 Å². The zero-order valence-electron chi connectivity index (χ0n) is 32.2. The second kappa shape index (κ2) is 32.3. The highest BCUT2D eigenvalue weighted by Gasteiger charge is 2.17. The lowest BCUT2D eigenvalue weighted by Gasteiger charge is -2.21. The molecule has 0 spiro atoms. The number of rotatable bonds is 34. The molecule has 0 aliphatic carbocycles. The molecule has 0 unspecified atom stereocenters. The van der Waals surface area contributed by atoms with Crippen LogP contribution in [0.2, 0.25) is 0 Å². The lowest BCUT2D eigenvalue weighted by molar-refractivity contribution is 0.0914. The molecule has 0 saturated carbocycles. The normalized spacial score (nSPS) is 11.5. The van der Waals surface area contributed by atoms with Crippen LogP contribution < -0.4 is 10.6 Å². The Balaban J connectivity index is 2.25. The van der Waals surface area contributed by atoms with Gasteiger partial charge in [0.25, 0.3) is 11.8 Å². The Bertz CT molecular complexity index is 821. The Hall–Kier alpha value is -1.92. The van der Waals surface area contributed by atoms with Crippen molar-refractivity contribution in [3.8, 4) is 0 Å². The van der Waals surface area contributed by atoms with Gasteiger partial charge in [-0.2, -0.15) is 0 Å². The Morgan fingerprint density at radius 1 is 0.438 bits per heavy atom. The van der Waals surface area contributed by atoms with Gasteiger partial charge in [-0.05, 0) is 51.2 Å². The first-order chi connectivity index (χ1) is 23.6. The Labute approximate surface area is 298 Å². The third-order valence-electron chi connectivity index (χ3n) is 9.89. The third kappa shape index (κ3) is 23.4. The second-order valence-electron chi connectivity index (χ2n) is 14.0. The van der Waals surface area contributed by atoms with Crippen LogP contribution in [0.4, 0.5) is 0 Å². The Morgan fingerprint density at radius 3 is 1.02 bits per heavy atom. The number of nitrogens with one attached hydrogen (secondary N) is 2. The van der Waals surface area contributed by atoms with Gasteiger partial charge in [0, 0.05) is 26.2 Å². The van der Waals surface area contributed by atoms with Gasteiger partial charge in [-0.3, -0.25) is 9.59 Å². The molecule has 0 aliphatic rings. The molecule has 2 amide bonds. The summed E-state index contributed by atoms with van der Waals surface area (Å²) in [6, 6.07) is 7.20. The van der Waals surface area contributed by atoms with Crippen molar-refractivity contribution in [3.05, 3.63) is 35.4 Å². The fourth-order valence-electron chi connectivity index (χ4n) is 6.58. The minimum absolute atomic E-state index is 0.168. The summed E-state index contributed by atoms with van der Waals surface area (Å²) in [6.07, 6.45) is 29.8. The van der Waals surface area contributed by atoms with E-state index in [0.717, 1.165) is 39.3 Å². The van der Waals surface area contributed by atoms with E-state index in [2.05, 4.69) is 48.1 Å². The summed E-state index contributed by atoms with van der Waals surface area (Å²) in [6.45, 7) is 15.9. The van der Waals surface area contributed by atoms with E-state index in [4.69, 9.17) is 0 Å². The number of carbonyl (C=O) groups excluding carboxylic acids is 2. The van der Waals surface area contributed by atoms with Crippen molar-refractivity contribution in [1.82, 2.24) is 20.4 Å². The van der Waals surface area contributed by atoms with Gasteiger partial charge >= 0.3 is 0 Å². The molecule has 1 rings (SSSR count). The molecule has 0 atom stereocenters. The van der Waals surface area contributed by atoms with Crippen LogP contribution in [0.1, 0.15) is 190 Å². The number of hydrogen-bond donors (Lipinski definition) is 2. The van der Waals surface area contributed by atoms with Gasteiger partial charge in [0.1, 0.15) is 0 Å². The van der Waals surface area contributed by atoms with Crippen LogP contribution in [0.25, 0.3) is 0 Å². The van der Waals surface area contributed by atoms with Gasteiger partial charge < -0.3 is 20.4 Å². The highest BCUT2D eigenvalue weighted by atomic mass is 16.2. The molecule has 0 radical (unpaired) electrons. The molecule has 1 aromatic carbocycles. The Kier molecular flexibility index (Phi) is 29.7. The molecule has 0 fully saturated rings. The van der Waals surface area contributed by atoms with Crippen LogP contribution in [-0.4, -0.2) is 74.0 Å². The molecule has 0 saturated heterocycles. The van der Waals surface area contributed by atoms with Gasteiger partial charge in [-0.15, -0.1) is 0 Å². The predicted molar refractivity (Wildman–Crippen MR) is 208 cm³/mol. The number of nitrogens with zero attached hydrogens (tertiary/aromatic N) is 2. The quantitative estimate of drug-likeness (QED) is 0.0717. The molecule has 2 N–H and O–H groups in total. The maximum Gasteiger partial charge on any atom is 0.252 e. The molecule has 0 heterocycles. The summed E-state index contributed by atoms with van der Waals surface area (Å²) in [5.41, 5.74) is 0.911. The highest BCUT2D eigenvalue weighted by molar-refractivity contribution is 6.07. The average Bonchev–Trinajstić information content (AvgIpc) is 3.11. The van der Waals surface area contributed by atoms with Gasteiger partial charge in [-0.25, -0.2) is 0 Å². The largest absolute Gasteiger partial charge is 0.351 e. The van der Waals surface area contributed by atoms with Gasteiger partial charge in [0.2, 0.25) is 0 Å². The minimum Gasteiger partial charge on any atom is -0.351 e. The summed E-state index contributed by atoms with van der Waals surface area (Å²) < 4.78 is 0. The zero-order chi connectivity index (χ0) is 34.9. The molecule has 0 bridgehead atoms. The first-order valence-corrected chi connectivity index (χ1v) is 20.7. The van der Waals surface area contributed by atoms with Crippen molar-refractivity contribution >= 4 is 11.8 Å². The maximum atomic E-state index is 13.1. The third-order valence-corrected chi connectivity index (χ3v) is 9.89. The summed E-state index contributed by atoms with van der Waals surface area (Å²) >= 11 is 0. The van der Waals surface area contributed by atoms with E-state index in [0.29, 0.717) is 24.2 Å². The van der Waals surface area contributed by atoms with E-state index in [1.165, 1.54) is 141 Å². The lowest BCUT2D eigenvalue weighted by atomic mass is 10.1. The SMILES string of the molecule is CCCCCCCCCCCCCN(CC)CCNC(=O)c1ccccc1C(=O)NCCN(CC)CCCCCCCCCCCCC. The molecular formula is C42H78N4O2. The number of carbonyl (C=O) groups is 2. The molecule has 1 aromatic rings. The van der Waals surface area contributed by atoms with Gasteiger partial charge in [-0.1, -0.05) is 168 Å². The topological polar surface area (TPSA) is 64.7 Å². The molecule has 6 nitrogen and oxygen atoms in total. The van der Waals surface area contributed by atoms with Gasteiger partial charge in [0.05, 0.1) is 11.1 Å². The van der Waals surface area contributed by atoms with E-state index >= 15 is 0 Å². The van der Waals surface area contributed by atoms with E-state index in [9.17, 15) is 9.59 Å². The number of amides is 2. The van der Waals surface area contributed by atoms with Crippen LogP contribution in [0.5, 0.6) is 0 Å². The van der Waals surface area contributed by atoms with Crippen molar-refractivity contribution in [3.63, 3.8) is 0 Å². The van der Waals surface area contributed by atoms with Crippen molar-refractivity contribution in [2.24, 2.45) is 0 Å². The maximum absolute atomic E-state index is 13.1. The van der Waals surface area contributed by atoms with Crippen molar-refractivity contribution in [2.45, 2.75) is 169 Å². The molecule has 0 aliphatic heterocycles. The average molecular weight is 671 g/mol. The fraction of sp³-hybridized carbons (Fsp3) is 0.810. The van der Waals surface area contributed by atoms with Crippen LogP contribution >= 0.6 is 0 Å². The molecule has 6 heteroatoms. The molecule has 0 aromatic heterocycles. The van der Waals surface area contributed by atoms with E-state index in [-0.39, 0.29) is 11.8 Å². The monoisotopic (exact) mass is 671 g/mol. The highest BCUT2D eigenvalue weighted by Crippen LogP contribution is 2.13. The smallest absolute Gasteiger partial charge is 0.252 e. The first-order valence-electron chi connectivity index (χ1n) is 20.7. The summed E-state index contributed by atoms with van der Waals surface area (Å²) in [7, 11) is 0. The van der Waals surface area contributed by atoms with Crippen molar-refractivity contribution in [1.29, 1.82) is 0 Å². The van der Waals surface area contributed by atoms with Crippen LogP contribution in [0.15, 0.2) is 24.3 Å². The first kappa shape index (κ1) is 44.1. The summed E-state index contributed by atoms with van der Waals surface area (Å²) in [4.78, 5) is 31.0. The van der Waals surface area contributed by atoms with Crippen LogP contribution in [0, 0.1) is 0 Å². The number of hydrogen-bond acceptors (Lipinski definition) is 4. The Morgan fingerprint density at radius 2 is 0.729 bits per heavy atom. The van der Waals surface area contributed by atoms with Crippen LogP contribution in [-0.2, 0) is 0 Å². The molecular weight excluding hydrogens is 592 g/mol. The number of likely N-dealkylation sites (N-methyl/N-ethyl adjacent to an activating group) is 2. The predicted octanol–water partition coefficient (Wildman–Crippen LogP) is 10.4. The van der Waals surface area contributed by atoms with Gasteiger partial charge in [0.15, 0.2) is 0 Å². The standard InChI is InChI=1S/C42H78N4O2/c1-5-9-11-13-15-17-19-21-23-25-29-35-45(7-3)37-33-43-41(47)39-31-27-28-32-40(39)42(48)44-34-38-46(8-4)36-30-26-24-22-20-18-16-14-12-10-6-2/h27-28,31-32H,5-26,29-30,33-38H2,1-4H3,(H,43,47)(H,44,48). The summed E-state index contributed by atoms with van der Waals surface area (Å²) in [5, 5.41) is 6.14. The number of unbranched alkanes of at least 4 members (excludes halogenated alkanes) is 20. The molecule has 48 heavy (non-hydrogen) atoms.